The maximum Gasteiger partial charge on any atom is 0.243 e. The van der Waals surface area contributed by atoms with E-state index in [1.807, 2.05) is 67.6 Å². The van der Waals surface area contributed by atoms with Crippen LogP contribution in [0.1, 0.15) is 37.3 Å². The lowest BCUT2D eigenvalue weighted by Crippen LogP contribution is -2.51. The Kier molecular flexibility index (Phi) is 7.82. The van der Waals surface area contributed by atoms with E-state index in [1.165, 1.54) is 0 Å². The number of rotatable bonds is 9. The summed E-state index contributed by atoms with van der Waals surface area (Å²) in [5.41, 5.74) is 2.05. The number of nitrogens with zero attached hydrogens (tertiary/aromatic N) is 1. The Morgan fingerprint density at radius 2 is 1.72 bits per heavy atom. The van der Waals surface area contributed by atoms with Crippen LogP contribution in [0.4, 0.5) is 0 Å². The Hall–Kier alpha value is -2.66. The molecule has 2 atom stereocenters. The summed E-state index contributed by atoms with van der Waals surface area (Å²) in [6.07, 6.45) is 2.91. The number of carbonyl (C=O) groups excluding carboxylic acids is 2. The van der Waals surface area contributed by atoms with E-state index in [2.05, 4.69) is 5.32 Å². The van der Waals surface area contributed by atoms with Crippen LogP contribution in [0, 0.1) is 0 Å². The first-order valence-corrected chi connectivity index (χ1v) is 10.4. The predicted octanol–water partition coefficient (Wildman–Crippen LogP) is 3.33. The van der Waals surface area contributed by atoms with Gasteiger partial charge in [0.05, 0.1) is 6.10 Å². The van der Waals surface area contributed by atoms with Gasteiger partial charge in [0.15, 0.2) is 0 Å². The Morgan fingerprint density at radius 3 is 2.31 bits per heavy atom. The van der Waals surface area contributed by atoms with E-state index in [1.54, 1.807) is 4.90 Å². The molecule has 2 aromatic rings. The number of nitrogens with one attached hydrogen (secondary N) is 1. The minimum atomic E-state index is -0.563. The van der Waals surface area contributed by atoms with E-state index >= 15 is 0 Å². The Balaban J connectivity index is 1.80. The van der Waals surface area contributed by atoms with Gasteiger partial charge in [-0.05, 0) is 24.0 Å². The van der Waals surface area contributed by atoms with Gasteiger partial charge >= 0.3 is 0 Å². The molecule has 154 valence electrons. The Bertz CT molecular complexity index is 773. The quantitative estimate of drug-likeness (QED) is 0.710. The molecule has 1 heterocycles. The topological polar surface area (TPSA) is 58.6 Å². The fourth-order valence-electron chi connectivity index (χ4n) is 3.67. The highest BCUT2D eigenvalue weighted by molar-refractivity contribution is 5.88. The van der Waals surface area contributed by atoms with Gasteiger partial charge in [0, 0.05) is 32.5 Å². The molecule has 5 nitrogen and oxygen atoms in total. The van der Waals surface area contributed by atoms with E-state index in [9.17, 15) is 9.59 Å². The second-order valence-electron chi connectivity index (χ2n) is 7.45. The van der Waals surface area contributed by atoms with Crippen LogP contribution >= 0.6 is 0 Å². The highest BCUT2D eigenvalue weighted by Gasteiger charge is 2.30. The molecule has 3 rings (SSSR count). The first-order valence-electron chi connectivity index (χ1n) is 10.4. The average molecular weight is 395 g/mol. The minimum absolute atomic E-state index is 0.0259. The molecule has 1 fully saturated rings. The first-order chi connectivity index (χ1) is 14.2. The van der Waals surface area contributed by atoms with Crippen molar-refractivity contribution in [2.45, 2.75) is 51.3 Å². The second kappa shape index (κ2) is 10.8. The largest absolute Gasteiger partial charge is 0.376 e. The van der Waals surface area contributed by atoms with Crippen LogP contribution in [0.25, 0.3) is 0 Å². The molecular weight excluding hydrogens is 364 g/mol. The van der Waals surface area contributed by atoms with Crippen molar-refractivity contribution < 1.29 is 14.3 Å². The van der Waals surface area contributed by atoms with Crippen molar-refractivity contribution in [1.82, 2.24) is 10.2 Å². The average Bonchev–Trinajstić information content (AvgIpc) is 3.29. The summed E-state index contributed by atoms with van der Waals surface area (Å²) in [4.78, 5) is 27.7. The molecule has 0 aliphatic carbocycles. The van der Waals surface area contributed by atoms with E-state index in [0.29, 0.717) is 25.9 Å². The van der Waals surface area contributed by atoms with Crippen LogP contribution in [0.2, 0.25) is 0 Å². The van der Waals surface area contributed by atoms with Crippen LogP contribution < -0.4 is 5.32 Å². The molecule has 5 heteroatoms. The van der Waals surface area contributed by atoms with Crippen LogP contribution in [-0.4, -0.2) is 42.0 Å². The van der Waals surface area contributed by atoms with Crippen LogP contribution in [0.3, 0.4) is 0 Å². The van der Waals surface area contributed by atoms with Gasteiger partial charge in [-0.1, -0.05) is 67.6 Å². The summed E-state index contributed by atoms with van der Waals surface area (Å²) in [6, 6.07) is 19.1. The number of hydrogen-bond donors (Lipinski definition) is 1. The summed E-state index contributed by atoms with van der Waals surface area (Å²) < 4.78 is 5.63. The Labute approximate surface area is 173 Å². The fourth-order valence-corrected chi connectivity index (χ4v) is 3.67. The standard InChI is InChI=1S/C24H30N2O3/c1-2-23(27)26(18-20-12-7-4-8-13-20)22(16-19-10-5-3-6-11-19)24(28)25-17-21-14-9-15-29-21/h3-8,10-13,21-22H,2,9,14-18H2,1H3,(H,25,28)/t21-,22+/m1/s1. The summed E-state index contributed by atoms with van der Waals surface area (Å²) >= 11 is 0. The van der Waals surface area contributed by atoms with E-state index in [0.717, 1.165) is 30.6 Å². The number of ether oxygens (including phenoxy) is 1. The van der Waals surface area contributed by atoms with Crippen LogP contribution in [0.15, 0.2) is 60.7 Å². The molecule has 0 unspecified atom stereocenters. The first kappa shape index (κ1) is 21.1. The number of carbonyl (C=O) groups is 2. The van der Waals surface area contributed by atoms with Gasteiger partial charge in [0.25, 0.3) is 0 Å². The molecule has 0 bridgehead atoms. The SMILES string of the molecule is CCC(=O)N(Cc1ccccc1)[C@@H](Cc1ccccc1)C(=O)NC[C@H]1CCCO1. The van der Waals surface area contributed by atoms with Crippen molar-refractivity contribution in [3.05, 3.63) is 71.8 Å². The number of benzene rings is 2. The summed E-state index contributed by atoms with van der Waals surface area (Å²) in [5.74, 6) is -0.149. The van der Waals surface area contributed by atoms with Gasteiger partial charge in [-0.25, -0.2) is 0 Å². The van der Waals surface area contributed by atoms with E-state index in [-0.39, 0.29) is 17.9 Å². The van der Waals surface area contributed by atoms with Gasteiger partial charge in [-0.15, -0.1) is 0 Å². The monoisotopic (exact) mass is 394 g/mol. The Morgan fingerprint density at radius 1 is 1.07 bits per heavy atom. The van der Waals surface area contributed by atoms with Crippen molar-refractivity contribution in [3.63, 3.8) is 0 Å². The third kappa shape index (κ3) is 6.16. The maximum absolute atomic E-state index is 13.2. The molecule has 1 aliphatic heterocycles. The normalized spacial score (nSPS) is 16.9. The molecule has 1 aliphatic rings. The lowest BCUT2D eigenvalue weighted by atomic mass is 10.0. The molecular formula is C24H30N2O3. The molecule has 0 spiro atoms. The third-order valence-corrected chi connectivity index (χ3v) is 5.30. The predicted molar refractivity (Wildman–Crippen MR) is 113 cm³/mol. The summed E-state index contributed by atoms with van der Waals surface area (Å²) in [7, 11) is 0. The van der Waals surface area contributed by atoms with Crippen molar-refractivity contribution in [2.24, 2.45) is 0 Å². The number of amides is 2. The second-order valence-corrected chi connectivity index (χ2v) is 7.45. The van der Waals surface area contributed by atoms with Crippen molar-refractivity contribution in [1.29, 1.82) is 0 Å². The van der Waals surface area contributed by atoms with Gasteiger partial charge in [-0.2, -0.15) is 0 Å². The molecule has 2 amide bonds. The van der Waals surface area contributed by atoms with E-state index < -0.39 is 6.04 Å². The fraction of sp³-hybridized carbons (Fsp3) is 0.417. The zero-order chi connectivity index (χ0) is 20.5. The summed E-state index contributed by atoms with van der Waals surface area (Å²) in [5, 5.41) is 3.03. The smallest absolute Gasteiger partial charge is 0.243 e. The molecule has 1 saturated heterocycles. The van der Waals surface area contributed by atoms with Gasteiger partial charge < -0.3 is 15.0 Å². The third-order valence-electron chi connectivity index (χ3n) is 5.30. The zero-order valence-corrected chi connectivity index (χ0v) is 17.0. The number of hydrogen-bond acceptors (Lipinski definition) is 3. The molecule has 29 heavy (non-hydrogen) atoms. The van der Waals surface area contributed by atoms with Gasteiger partial charge in [0.2, 0.25) is 11.8 Å². The highest BCUT2D eigenvalue weighted by atomic mass is 16.5. The van der Waals surface area contributed by atoms with Crippen LogP contribution in [-0.2, 0) is 27.3 Å². The molecule has 0 saturated carbocycles. The van der Waals surface area contributed by atoms with Gasteiger partial charge in [-0.3, -0.25) is 9.59 Å². The molecule has 0 radical (unpaired) electrons. The molecule has 2 aromatic carbocycles. The summed E-state index contributed by atoms with van der Waals surface area (Å²) in [6.45, 7) is 3.49. The van der Waals surface area contributed by atoms with Crippen molar-refractivity contribution in [2.75, 3.05) is 13.2 Å². The van der Waals surface area contributed by atoms with Crippen LogP contribution in [0.5, 0.6) is 0 Å². The lowest BCUT2D eigenvalue weighted by molar-refractivity contribution is -0.141. The lowest BCUT2D eigenvalue weighted by Gasteiger charge is -2.31. The van der Waals surface area contributed by atoms with Crippen molar-refractivity contribution in [3.8, 4) is 0 Å². The maximum atomic E-state index is 13.2. The molecule has 0 aromatic heterocycles. The zero-order valence-electron chi connectivity index (χ0n) is 17.0. The van der Waals surface area contributed by atoms with Gasteiger partial charge in [0.1, 0.15) is 6.04 Å². The van der Waals surface area contributed by atoms with Crippen molar-refractivity contribution >= 4 is 11.8 Å². The van der Waals surface area contributed by atoms with E-state index in [4.69, 9.17) is 4.74 Å². The highest BCUT2D eigenvalue weighted by Crippen LogP contribution is 2.16. The molecule has 1 N–H and O–H groups in total. The minimum Gasteiger partial charge on any atom is -0.376 e.